The number of methoxy groups -OCH3 is 1. The van der Waals surface area contributed by atoms with Gasteiger partial charge in [0.15, 0.2) is 5.13 Å². The summed E-state index contributed by atoms with van der Waals surface area (Å²) in [4.78, 5) is 24.9. The number of nitrogens with zero attached hydrogens (tertiary/aromatic N) is 2. The highest BCUT2D eigenvalue weighted by Gasteiger charge is 2.20. The highest BCUT2D eigenvalue weighted by atomic mass is 32.1. The van der Waals surface area contributed by atoms with Crippen molar-refractivity contribution in [3.8, 4) is 28.4 Å². The number of amides is 1. The molecule has 0 atom stereocenters. The van der Waals surface area contributed by atoms with E-state index in [1.807, 2.05) is 61.0 Å². The zero-order chi connectivity index (χ0) is 20.2. The van der Waals surface area contributed by atoms with Crippen molar-refractivity contribution in [1.82, 2.24) is 15.0 Å². The normalized spacial score (nSPS) is 10.6. The first-order valence-electron chi connectivity index (χ1n) is 8.91. The number of hydrogen-bond acceptors (Lipinski definition) is 6. The third-order valence-electron chi connectivity index (χ3n) is 4.39. The number of benzene rings is 2. The van der Waals surface area contributed by atoms with Crippen LogP contribution in [0.15, 0.2) is 60.1 Å². The van der Waals surface area contributed by atoms with E-state index in [1.165, 1.54) is 11.3 Å². The fraction of sp³-hybridized carbons (Fsp3) is 0.0952. The Morgan fingerprint density at radius 2 is 1.79 bits per heavy atom. The van der Waals surface area contributed by atoms with Crippen LogP contribution in [-0.2, 0) is 0 Å². The molecule has 0 saturated heterocycles. The maximum Gasteiger partial charge on any atom is 0.276 e. The topological polar surface area (TPSA) is 91.9 Å². The number of H-pyrrole nitrogens is 1. The number of imidazole rings is 1. The maximum atomic E-state index is 12.9. The van der Waals surface area contributed by atoms with Crippen LogP contribution >= 0.6 is 11.3 Å². The van der Waals surface area contributed by atoms with Crippen LogP contribution < -0.4 is 15.4 Å². The number of carbonyl (C=O) groups is 1. The van der Waals surface area contributed by atoms with Crippen LogP contribution in [0.3, 0.4) is 0 Å². The van der Waals surface area contributed by atoms with Gasteiger partial charge in [-0.2, -0.15) is 0 Å². The first-order chi connectivity index (χ1) is 14.2. The lowest BCUT2D eigenvalue weighted by atomic mass is 10.1. The Labute approximate surface area is 171 Å². The molecular weight excluding hydrogens is 386 g/mol. The summed E-state index contributed by atoms with van der Waals surface area (Å²) in [6.45, 7) is 0. The zero-order valence-electron chi connectivity index (χ0n) is 15.9. The largest absolute Gasteiger partial charge is 0.497 e. The van der Waals surface area contributed by atoms with Crippen LogP contribution in [0.2, 0.25) is 0 Å². The van der Waals surface area contributed by atoms with E-state index in [4.69, 9.17) is 9.72 Å². The summed E-state index contributed by atoms with van der Waals surface area (Å²) < 4.78 is 5.23. The fourth-order valence-corrected chi connectivity index (χ4v) is 3.40. The molecular formula is C21H19N5O2S. The molecule has 0 unspecified atom stereocenters. The number of aromatic nitrogens is 3. The summed E-state index contributed by atoms with van der Waals surface area (Å²) in [6.07, 6.45) is 1.65. The average Bonchev–Trinajstić information content (AvgIpc) is 3.44. The van der Waals surface area contributed by atoms with Gasteiger partial charge in [-0.25, -0.2) is 9.97 Å². The first-order valence-corrected chi connectivity index (χ1v) is 9.79. The molecule has 0 aliphatic rings. The molecule has 0 aliphatic heterocycles. The Morgan fingerprint density at radius 1 is 1.07 bits per heavy atom. The number of carbonyl (C=O) groups excluding carboxylic acids is 1. The van der Waals surface area contributed by atoms with Gasteiger partial charge in [-0.1, -0.05) is 0 Å². The third-order valence-corrected chi connectivity index (χ3v) is 5.08. The molecule has 7 nitrogen and oxygen atoms in total. The van der Waals surface area contributed by atoms with Crippen LogP contribution in [0.4, 0.5) is 10.8 Å². The lowest BCUT2D eigenvalue weighted by Gasteiger charge is -2.04. The van der Waals surface area contributed by atoms with Gasteiger partial charge in [0.25, 0.3) is 5.91 Å². The highest BCUT2D eigenvalue weighted by Crippen LogP contribution is 2.29. The van der Waals surface area contributed by atoms with Crippen LogP contribution in [0, 0.1) is 0 Å². The average molecular weight is 405 g/mol. The second-order valence-electron chi connectivity index (χ2n) is 6.16. The summed E-state index contributed by atoms with van der Waals surface area (Å²) in [5, 5.41) is 8.25. The van der Waals surface area contributed by atoms with Crippen molar-refractivity contribution in [3.05, 3.63) is 65.8 Å². The summed E-state index contributed by atoms with van der Waals surface area (Å²) >= 11 is 1.36. The van der Waals surface area contributed by atoms with Gasteiger partial charge in [-0.3, -0.25) is 10.1 Å². The van der Waals surface area contributed by atoms with Gasteiger partial charge >= 0.3 is 0 Å². The van der Waals surface area contributed by atoms with Crippen molar-refractivity contribution in [2.24, 2.45) is 0 Å². The SMILES string of the molecule is CNc1ccc(-c2nc(-c3ccc(OC)cc3)c(C(=O)Nc3nccs3)[nH]2)cc1. The molecule has 0 aliphatic carbocycles. The molecule has 0 radical (unpaired) electrons. The first kappa shape index (κ1) is 18.7. The molecule has 2 aromatic carbocycles. The van der Waals surface area contributed by atoms with E-state index >= 15 is 0 Å². The van der Waals surface area contributed by atoms with E-state index in [0.29, 0.717) is 22.3 Å². The molecule has 0 fully saturated rings. The minimum Gasteiger partial charge on any atom is -0.497 e. The predicted octanol–water partition coefficient (Wildman–Crippen LogP) is 4.50. The Kier molecular flexibility index (Phi) is 5.26. The summed E-state index contributed by atoms with van der Waals surface area (Å²) in [5.74, 6) is 1.06. The second kappa shape index (κ2) is 8.15. The van der Waals surface area contributed by atoms with Crippen molar-refractivity contribution >= 4 is 28.1 Å². The molecule has 4 rings (SSSR count). The number of nitrogens with one attached hydrogen (secondary N) is 3. The Morgan fingerprint density at radius 3 is 2.41 bits per heavy atom. The number of aromatic amines is 1. The van der Waals surface area contributed by atoms with Gasteiger partial charge in [0, 0.05) is 35.4 Å². The summed E-state index contributed by atoms with van der Waals surface area (Å²) in [7, 11) is 3.48. The molecule has 1 amide bonds. The van der Waals surface area contributed by atoms with Crippen LogP contribution in [0.5, 0.6) is 5.75 Å². The third kappa shape index (κ3) is 3.97. The van der Waals surface area contributed by atoms with E-state index in [1.54, 1.807) is 13.3 Å². The summed E-state index contributed by atoms with van der Waals surface area (Å²) in [5.41, 5.74) is 3.63. The molecule has 2 heterocycles. The monoisotopic (exact) mass is 405 g/mol. The smallest absolute Gasteiger partial charge is 0.276 e. The summed E-state index contributed by atoms with van der Waals surface area (Å²) in [6, 6.07) is 15.3. The fourth-order valence-electron chi connectivity index (χ4n) is 2.87. The van der Waals surface area contributed by atoms with Crippen LogP contribution in [0.1, 0.15) is 10.5 Å². The molecule has 146 valence electrons. The zero-order valence-corrected chi connectivity index (χ0v) is 16.7. The number of ether oxygens (including phenoxy) is 1. The van der Waals surface area contributed by atoms with E-state index in [2.05, 4.69) is 20.6 Å². The number of thiazole rings is 1. The van der Waals surface area contributed by atoms with E-state index in [0.717, 1.165) is 22.6 Å². The number of anilines is 2. The molecule has 0 bridgehead atoms. The number of hydrogen-bond donors (Lipinski definition) is 3. The van der Waals surface area contributed by atoms with Gasteiger partial charge in [0.1, 0.15) is 23.0 Å². The lowest BCUT2D eigenvalue weighted by Crippen LogP contribution is -2.13. The van der Waals surface area contributed by atoms with E-state index in [9.17, 15) is 4.79 Å². The van der Waals surface area contributed by atoms with E-state index in [-0.39, 0.29) is 5.91 Å². The van der Waals surface area contributed by atoms with Gasteiger partial charge in [-0.05, 0) is 48.5 Å². The van der Waals surface area contributed by atoms with Crippen LogP contribution in [-0.4, -0.2) is 35.0 Å². The molecule has 0 saturated carbocycles. The van der Waals surface area contributed by atoms with E-state index < -0.39 is 0 Å². The van der Waals surface area contributed by atoms with Crippen molar-refractivity contribution in [3.63, 3.8) is 0 Å². The Hall–Kier alpha value is -3.65. The standard InChI is InChI=1S/C21H19N5O2S/c1-22-15-7-3-14(4-8-15)19-24-17(13-5-9-16(28-2)10-6-13)18(25-19)20(27)26-21-23-11-12-29-21/h3-12,22H,1-2H3,(H,24,25)(H,23,26,27). The highest BCUT2D eigenvalue weighted by molar-refractivity contribution is 7.13. The molecule has 8 heteroatoms. The van der Waals surface area contributed by atoms with Crippen molar-refractivity contribution in [1.29, 1.82) is 0 Å². The Balaban J connectivity index is 1.75. The minimum absolute atomic E-state index is 0.295. The lowest BCUT2D eigenvalue weighted by molar-refractivity contribution is 0.102. The second-order valence-corrected chi connectivity index (χ2v) is 7.05. The molecule has 3 N–H and O–H groups in total. The maximum absolute atomic E-state index is 12.9. The molecule has 0 spiro atoms. The van der Waals surface area contributed by atoms with Crippen LogP contribution in [0.25, 0.3) is 22.6 Å². The van der Waals surface area contributed by atoms with Gasteiger partial charge in [-0.15, -0.1) is 11.3 Å². The number of rotatable bonds is 6. The van der Waals surface area contributed by atoms with Gasteiger partial charge < -0.3 is 15.0 Å². The Bertz CT molecular complexity index is 1100. The molecule has 4 aromatic rings. The van der Waals surface area contributed by atoms with Gasteiger partial charge in [0.2, 0.25) is 0 Å². The van der Waals surface area contributed by atoms with Crippen molar-refractivity contribution in [2.45, 2.75) is 0 Å². The minimum atomic E-state index is -0.295. The van der Waals surface area contributed by atoms with Gasteiger partial charge in [0.05, 0.1) is 7.11 Å². The quantitative estimate of drug-likeness (QED) is 0.439. The van der Waals surface area contributed by atoms with Crippen molar-refractivity contribution in [2.75, 3.05) is 24.8 Å². The predicted molar refractivity (Wildman–Crippen MR) is 116 cm³/mol. The molecule has 29 heavy (non-hydrogen) atoms. The van der Waals surface area contributed by atoms with Crippen molar-refractivity contribution < 1.29 is 9.53 Å². The molecule has 2 aromatic heterocycles.